The second-order valence-electron chi connectivity index (χ2n) is 9.04. The van der Waals surface area contributed by atoms with Crippen LogP contribution in [0.15, 0.2) is 127 Å². The Bertz CT molecular complexity index is 1860. The van der Waals surface area contributed by atoms with E-state index < -0.39 is 0 Å². The van der Waals surface area contributed by atoms with E-state index in [0.29, 0.717) is 23.0 Å². The highest BCUT2D eigenvalue weighted by atomic mass is 19.1. The first-order valence-electron chi connectivity index (χ1n) is 12.4. The van der Waals surface area contributed by atoms with Crippen LogP contribution in [0.1, 0.15) is 0 Å². The van der Waals surface area contributed by atoms with Gasteiger partial charge in [0.2, 0.25) is 0 Å². The molecule has 0 spiro atoms. The van der Waals surface area contributed by atoms with Crippen LogP contribution in [0, 0.1) is 5.82 Å². The molecule has 0 aliphatic rings. The molecule has 0 aliphatic carbocycles. The second-order valence-corrected chi connectivity index (χ2v) is 9.04. The molecule has 0 amide bonds. The molecule has 0 bridgehead atoms. The number of halogens is 1. The zero-order chi connectivity index (χ0) is 25.5. The lowest BCUT2D eigenvalue weighted by Gasteiger charge is -2.11. The van der Waals surface area contributed by atoms with Gasteiger partial charge in [0.15, 0.2) is 17.5 Å². The third kappa shape index (κ3) is 3.64. The van der Waals surface area contributed by atoms with E-state index in [1.165, 1.54) is 6.07 Å². The minimum atomic E-state index is -0.377. The van der Waals surface area contributed by atoms with Gasteiger partial charge >= 0.3 is 0 Å². The van der Waals surface area contributed by atoms with Gasteiger partial charge in [0, 0.05) is 27.6 Å². The molecule has 0 atom stereocenters. The minimum absolute atomic E-state index is 0.303. The lowest BCUT2D eigenvalue weighted by atomic mass is 10.0. The van der Waals surface area contributed by atoms with E-state index in [4.69, 9.17) is 15.0 Å². The fourth-order valence-corrected chi connectivity index (χ4v) is 5.03. The van der Waals surface area contributed by atoms with Crippen molar-refractivity contribution in [1.82, 2.24) is 19.5 Å². The Morgan fingerprint density at radius 3 is 1.63 bits per heavy atom. The lowest BCUT2D eigenvalue weighted by molar-refractivity contribution is 0.631. The van der Waals surface area contributed by atoms with Crippen molar-refractivity contribution in [2.24, 2.45) is 0 Å². The van der Waals surface area contributed by atoms with Crippen LogP contribution in [-0.4, -0.2) is 19.5 Å². The zero-order valence-corrected chi connectivity index (χ0v) is 20.3. The molecule has 7 rings (SSSR count). The maximum absolute atomic E-state index is 15.9. The molecule has 38 heavy (non-hydrogen) atoms. The molecule has 4 nitrogen and oxygen atoms in total. The first-order valence-corrected chi connectivity index (χ1v) is 12.4. The van der Waals surface area contributed by atoms with Gasteiger partial charge in [-0.1, -0.05) is 97.1 Å². The van der Waals surface area contributed by atoms with Crippen molar-refractivity contribution in [2.45, 2.75) is 0 Å². The number of fused-ring (bicyclic) bond motifs is 3. The van der Waals surface area contributed by atoms with Crippen molar-refractivity contribution in [3.05, 3.63) is 133 Å². The molecule has 180 valence electrons. The van der Waals surface area contributed by atoms with Crippen molar-refractivity contribution in [3.63, 3.8) is 0 Å². The van der Waals surface area contributed by atoms with E-state index in [0.717, 1.165) is 38.6 Å². The van der Waals surface area contributed by atoms with Crippen molar-refractivity contribution < 1.29 is 4.39 Å². The maximum Gasteiger partial charge on any atom is 0.167 e. The topological polar surface area (TPSA) is 43.6 Å². The zero-order valence-electron chi connectivity index (χ0n) is 20.3. The molecule has 2 aromatic heterocycles. The summed E-state index contributed by atoms with van der Waals surface area (Å²) in [5, 5.41) is 1.71. The molecule has 2 heterocycles. The number of para-hydroxylation sites is 2. The van der Waals surface area contributed by atoms with E-state index in [1.807, 2.05) is 103 Å². The van der Waals surface area contributed by atoms with Crippen LogP contribution < -0.4 is 0 Å². The van der Waals surface area contributed by atoms with Gasteiger partial charge in [-0.15, -0.1) is 0 Å². The number of hydrogen-bond donors (Lipinski definition) is 0. The molecule has 0 unspecified atom stereocenters. The highest BCUT2D eigenvalue weighted by Crippen LogP contribution is 2.39. The molecule has 0 aliphatic heterocycles. The summed E-state index contributed by atoms with van der Waals surface area (Å²) in [5.74, 6) is 0.921. The summed E-state index contributed by atoms with van der Waals surface area (Å²) >= 11 is 0. The molecule has 0 radical (unpaired) electrons. The highest BCUT2D eigenvalue weighted by Gasteiger charge is 2.22. The van der Waals surface area contributed by atoms with Gasteiger partial charge in [0.1, 0.15) is 5.82 Å². The molecule has 5 aromatic carbocycles. The fourth-order valence-electron chi connectivity index (χ4n) is 5.03. The SMILES string of the molecule is Fc1ccc2c(c1-c1nc(-c3ccccc3)nc(-c3ccccc3)n1)c1ccccc1n2-c1ccccc1. The third-order valence-electron chi connectivity index (χ3n) is 6.73. The Morgan fingerprint density at radius 2 is 1.00 bits per heavy atom. The number of benzene rings is 5. The predicted molar refractivity (Wildman–Crippen MR) is 150 cm³/mol. The van der Waals surface area contributed by atoms with Crippen LogP contribution in [0.5, 0.6) is 0 Å². The van der Waals surface area contributed by atoms with Gasteiger partial charge in [-0.05, 0) is 30.3 Å². The van der Waals surface area contributed by atoms with Gasteiger partial charge < -0.3 is 4.57 Å². The standard InChI is InChI=1S/C33H21FN4/c34-26-20-21-28-29(25-18-10-11-19-27(25)38(28)24-16-8-3-9-17-24)30(26)33-36-31(22-12-4-1-5-13-22)35-32(37-33)23-14-6-2-7-15-23/h1-21H. The van der Waals surface area contributed by atoms with Crippen LogP contribution >= 0.6 is 0 Å². The summed E-state index contributed by atoms with van der Waals surface area (Å²) in [6.45, 7) is 0. The fraction of sp³-hybridized carbons (Fsp3) is 0. The average molecular weight is 493 g/mol. The molecule has 0 N–H and O–H groups in total. The first-order chi connectivity index (χ1) is 18.8. The smallest absolute Gasteiger partial charge is 0.167 e. The van der Waals surface area contributed by atoms with Crippen LogP contribution in [-0.2, 0) is 0 Å². The molecule has 5 heteroatoms. The van der Waals surface area contributed by atoms with E-state index in [-0.39, 0.29) is 5.82 Å². The Hall–Kier alpha value is -5.16. The summed E-state index contributed by atoms with van der Waals surface area (Å²) in [6.07, 6.45) is 0. The molecule has 0 saturated heterocycles. The first kappa shape index (κ1) is 22.1. The quantitative estimate of drug-likeness (QED) is 0.249. The van der Waals surface area contributed by atoms with E-state index in [9.17, 15) is 0 Å². The van der Waals surface area contributed by atoms with Crippen LogP contribution in [0.3, 0.4) is 0 Å². The summed E-state index contributed by atoms with van der Waals surface area (Å²) in [7, 11) is 0. The Morgan fingerprint density at radius 1 is 0.474 bits per heavy atom. The lowest BCUT2D eigenvalue weighted by Crippen LogP contribution is -2.02. The van der Waals surface area contributed by atoms with Crippen molar-refractivity contribution in [2.75, 3.05) is 0 Å². The van der Waals surface area contributed by atoms with Gasteiger partial charge in [-0.25, -0.2) is 19.3 Å². The molecule has 0 fully saturated rings. The highest BCUT2D eigenvalue weighted by molar-refractivity contribution is 6.15. The van der Waals surface area contributed by atoms with Crippen molar-refractivity contribution in [1.29, 1.82) is 0 Å². The minimum Gasteiger partial charge on any atom is -0.309 e. The molecule has 7 aromatic rings. The molecular weight excluding hydrogens is 471 g/mol. The normalized spacial score (nSPS) is 11.3. The van der Waals surface area contributed by atoms with Crippen molar-refractivity contribution >= 4 is 21.8 Å². The summed E-state index contributed by atoms with van der Waals surface area (Å²) in [4.78, 5) is 14.4. The largest absolute Gasteiger partial charge is 0.309 e. The van der Waals surface area contributed by atoms with E-state index >= 15 is 4.39 Å². The number of nitrogens with zero attached hydrogens (tertiary/aromatic N) is 4. The third-order valence-corrected chi connectivity index (χ3v) is 6.73. The van der Waals surface area contributed by atoms with Crippen LogP contribution in [0.2, 0.25) is 0 Å². The summed E-state index contributed by atoms with van der Waals surface area (Å²) in [5.41, 5.74) is 4.92. The number of rotatable bonds is 4. The van der Waals surface area contributed by atoms with Crippen molar-refractivity contribution in [3.8, 4) is 39.9 Å². The van der Waals surface area contributed by atoms with Gasteiger partial charge in [0.25, 0.3) is 0 Å². The molecular formula is C33H21FN4. The maximum atomic E-state index is 15.9. The second kappa shape index (κ2) is 9.05. The molecule has 0 saturated carbocycles. The van der Waals surface area contributed by atoms with Gasteiger partial charge in [-0.2, -0.15) is 0 Å². The van der Waals surface area contributed by atoms with E-state index in [2.05, 4.69) is 22.8 Å². The Kier molecular flexibility index (Phi) is 5.26. The van der Waals surface area contributed by atoms with Gasteiger partial charge in [-0.3, -0.25) is 0 Å². The monoisotopic (exact) mass is 492 g/mol. The number of aromatic nitrogens is 4. The Labute approximate surface area is 218 Å². The van der Waals surface area contributed by atoms with Crippen LogP contribution in [0.25, 0.3) is 61.7 Å². The average Bonchev–Trinajstić information content (AvgIpc) is 3.32. The predicted octanol–water partition coefficient (Wildman–Crippen LogP) is 8.11. The van der Waals surface area contributed by atoms with Crippen LogP contribution in [0.4, 0.5) is 4.39 Å². The summed E-state index contributed by atoms with van der Waals surface area (Å²) < 4.78 is 18.1. The number of hydrogen-bond acceptors (Lipinski definition) is 3. The summed E-state index contributed by atoms with van der Waals surface area (Å²) in [6, 6.07) is 41.0. The van der Waals surface area contributed by atoms with E-state index in [1.54, 1.807) is 0 Å². The van der Waals surface area contributed by atoms with Gasteiger partial charge in [0.05, 0.1) is 16.6 Å². The Balaban J connectivity index is 1.58.